The Morgan fingerprint density at radius 2 is 1.42 bits per heavy atom. The quantitative estimate of drug-likeness (QED) is 0.615. The first-order chi connectivity index (χ1) is 12.4. The molecule has 2 saturated carbocycles. The first-order valence-corrected chi connectivity index (χ1v) is 10.2. The number of carbonyl (C=O) groups is 3. The molecule has 2 rings (SSSR count). The van der Waals surface area contributed by atoms with Gasteiger partial charge in [0.15, 0.2) is 0 Å². The van der Waals surface area contributed by atoms with Crippen molar-refractivity contribution in [3.05, 3.63) is 0 Å². The highest BCUT2D eigenvalue weighted by atomic mass is 16.4. The molecule has 0 spiro atoms. The monoisotopic (exact) mass is 366 g/mol. The first kappa shape index (κ1) is 20.7. The molecule has 0 aromatic heterocycles. The van der Waals surface area contributed by atoms with Gasteiger partial charge in [0, 0.05) is 23.4 Å². The number of hydrogen-bond acceptors (Lipinski definition) is 3. The van der Waals surface area contributed by atoms with Crippen LogP contribution in [0, 0.1) is 11.8 Å². The van der Waals surface area contributed by atoms with Crippen LogP contribution in [-0.2, 0) is 14.4 Å². The van der Waals surface area contributed by atoms with Crippen molar-refractivity contribution in [3.8, 4) is 0 Å². The molecular weight excluding hydrogens is 332 g/mol. The van der Waals surface area contributed by atoms with Gasteiger partial charge < -0.3 is 15.7 Å². The summed E-state index contributed by atoms with van der Waals surface area (Å²) in [6.45, 7) is 3.84. The van der Waals surface area contributed by atoms with Gasteiger partial charge in [-0.3, -0.25) is 14.4 Å². The third kappa shape index (κ3) is 5.45. The predicted molar refractivity (Wildman–Crippen MR) is 99.6 cm³/mol. The summed E-state index contributed by atoms with van der Waals surface area (Å²) in [6.07, 6.45) is 8.61. The second-order valence-electron chi connectivity index (χ2n) is 8.09. The average molecular weight is 367 g/mol. The normalized spacial score (nSPS) is 24.2. The SMILES string of the molecule is CCC(CC)(CC(=O)O)NC(=O)C1CCC(NC(=O)C2CCCC2)CC1. The maximum atomic E-state index is 12.7. The molecule has 0 atom stereocenters. The summed E-state index contributed by atoms with van der Waals surface area (Å²) in [7, 11) is 0. The van der Waals surface area contributed by atoms with Crippen LogP contribution in [0.15, 0.2) is 0 Å². The minimum Gasteiger partial charge on any atom is -0.481 e. The van der Waals surface area contributed by atoms with E-state index in [1.165, 1.54) is 0 Å². The molecule has 0 aromatic carbocycles. The number of amides is 2. The second-order valence-corrected chi connectivity index (χ2v) is 8.09. The lowest BCUT2D eigenvalue weighted by atomic mass is 9.83. The number of nitrogens with one attached hydrogen (secondary N) is 2. The van der Waals surface area contributed by atoms with Crippen molar-refractivity contribution < 1.29 is 19.5 Å². The van der Waals surface area contributed by atoms with E-state index in [2.05, 4.69) is 10.6 Å². The Morgan fingerprint density at radius 3 is 1.92 bits per heavy atom. The number of carbonyl (C=O) groups excluding carboxylic acids is 2. The Hall–Kier alpha value is -1.59. The van der Waals surface area contributed by atoms with Gasteiger partial charge in [0.05, 0.1) is 6.42 Å². The number of hydrogen-bond donors (Lipinski definition) is 3. The van der Waals surface area contributed by atoms with Gasteiger partial charge in [-0.1, -0.05) is 26.7 Å². The van der Waals surface area contributed by atoms with Crippen molar-refractivity contribution in [3.63, 3.8) is 0 Å². The summed E-state index contributed by atoms with van der Waals surface area (Å²) in [5.41, 5.74) is -0.656. The highest BCUT2D eigenvalue weighted by Crippen LogP contribution is 2.29. The zero-order valence-corrected chi connectivity index (χ0v) is 16.2. The van der Waals surface area contributed by atoms with Gasteiger partial charge in [0.2, 0.25) is 11.8 Å². The second kappa shape index (κ2) is 9.38. The Bertz CT molecular complexity index is 502. The van der Waals surface area contributed by atoms with E-state index in [0.717, 1.165) is 51.4 Å². The lowest BCUT2D eigenvalue weighted by molar-refractivity contribution is -0.139. The molecule has 0 aromatic rings. The lowest BCUT2D eigenvalue weighted by Crippen LogP contribution is -2.52. The van der Waals surface area contributed by atoms with E-state index >= 15 is 0 Å². The van der Waals surface area contributed by atoms with Crippen LogP contribution in [0.1, 0.15) is 84.5 Å². The van der Waals surface area contributed by atoms with Crippen molar-refractivity contribution in [2.24, 2.45) is 11.8 Å². The van der Waals surface area contributed by atoms with Gasteiger partial charge in [-0.25, -0.2) is 0 Å². The third-order valence-corrected chi connectivity index (χ3v) is 6.40. The van der Waals surface area contributed by atoms with E-state index < -0.39 is 11.5 Å². The van der Waals surface area contributed by atoms with Crippen LogP contribution in [0.5, 0.6) is 0 Å². The molecule has 2 fully saturated rings. The molecule has 26 heavy (non-hydrogen) atoms. The molecule has 0 radical (unpaired) electrons. The third-order valence-electron chi connectivity index (χ3n) is 6.40. The lowest BCUT2D eigenvalue weighted by Gasteiger charge is -2.35. The molecule has 2 aliphatic carbocycles. The highest BCUT2D eigenvalue weighted by Gasteiger charge is 2.35. The topological polar surface area (TPSA) is 95.5 Å². The fourth-order valence-corrected chi connectivity index (χ4v) is 4.38. The van der Waals surface area contributed by atoms with Crippen molar-refractivity contribution in [2.75, 3.05) is 0 Å². The standard InChI is InChI=1S/C20H34N2O4/c1-3-20(4-2,13-17(23)24)22-19(26)15-9-11-16(12-10-15)21-18(25)14-7-5-6-8-14/h14-16H,3-13H2,1-2H3,(H,21,25)(H,22,26)(H,23,24). The zero-order chi connectivity index (χ0) is 19.2. The van der Waals surface area contributed by atoms with Gasteiger partial charge in [-0.2, -0.15) is 0 Å². The Morgan fingerprint density at radius 1 is 0.885 bits per heavy atom. The first-order valence-electron chi connectivity index (χ1n) is 10.2. The van der Waals surface area contributed by atoms with Gasteiger partial charge in [-0.05, 0) is 51.4 Å². The van der Waals surface area contributed by atoms with Crippen molar-refractivity contribution in [1.82, 2.24) is 10.6 Å². The van der Waals surface area contributed by atoms with Crippen LogP contribution in [0.2, 0.25) is 0 Å². The number of carboxylic acid groups (broad SMARTS) is 1. The van der Waals surface area contributed by atoms with E-state index in [1.54, 1.807) is 0 Å². The number of rotatable bonds is 8. The van der Waals surface area contributed by atoms with E-state index in [0.29, 0.717) is 12.8 Å². The molecule has 0 unspecified atom stereocenters. The van der Waals surface area contributed by atoms with E-state index in [-0.39, 0.29) is 36.1 Å². The summed E-state index contributed by atoms with van der Waals surface area (Å²) in [5.74, 6) is -0.627. The fourth-order valence-electron chi connectivity index (χ4n) is 4.38. The van der Waals surface area contributed by atoms with Gasteiger partial charge in [0.25, 0.3) is 0 Å². The molecule has 0 saturated heterocycles. The van der Waals surface area contributed by atoms with Gasteiger partial charge in [0.1, 0.15) is 0 Å². The fraction of sp³-hybridized carbons (Fsp3) is 0.850. The number of carboxylic acids is 1. The maximum absolute atomic E-state index is 12.7. The summed E-state index contributed by atoms with van der Waals surface area (Å²) in [6, 6.07) is 0.174. The van der Waals surface area contributed by atoms with Crippen LogP contribution in [0.25, 0.3) is 0 Å². The van der Waals surface area contributed by atoms with Crippen LogP contribution in [0.4, 0.5) is 0 Å². The van der Waals surface area contributed by atoms with Crippen LogP contribution in [0.3, 0.4) is 0 Å². The van der Waals surface area contributed by atoms with Gasteiger partial charge in [-0.15, -0.1) is 0 Å². The van der Waals surface area contributed by atoms with Gasteiger partial charge >= 0.3 is 5.97 Å². The molecule has 6 nitrogen and oxygen atoms in total. The smallest absolute Gasteiger partial charge is 0.305 e. The summed E-state index contributed by atoms with van der Waals surface area (Å²) in [5, 5.41) is 15.3. The number of aliphatic carboxylic acids is 1. The zero-order valence-electron chi connectivity index (χ0n) is 16.2. The van der Waals surface area contributed by atoms with E-state index in [9.17, 15) is 14.4 Å². The van der Waals surface area contributed by atoms with Crippen LogP contribution < -0.4 is 10.6 Å². The summed E-state index contributed by atoms with van der Waals surface area (Å²) >= 11 is 0. The Labute approximate surface area is 156 Å². The van der Waals surface area contributed by atoms with Crippen molar-refractivity contribution in [2.45, 2.75) is 96.1 Å². The molecule has 0 bridgehead atoms. The Kier molecular flexibility index (Phi) is 7.47. The van der Waals surface area contributed by atoms with E-state index in [4.69, 9.17) is 5.11 Å². The van der Waals surface area contributed by atoms with E-state index in [1.807, 2.05) is 13.8 Å². The average Bonchev–Trinajstić information content (AvgIpc) is 3.16. The molecule has 2 aliphatic rings. The molecule has 2 amide bonds. The molecule has 148 valence electrons. The predicted octanol–water partition coefficient (Wildman–Crippen LogP) is 3.00. The molecule has 0 aliphatic heterocycles. The van der Waals surface area contributed by atoms with Crippen molar-refractivity contribution >= 4 is 17.8 Å². The summed E-state index contributed by atoms with van der Waals surface area (Å²) < 4.78 is 0. The minimum atomic E-state index is -0.882. The molecule has 6 heteroatoms. The van der Waals surface area contributed by atoms with Crippen LogP contribution in [-0.4, -0.2) is 34.5 Å². The molecule has 0 heterocycles. The van der Waals surface area contributed by atoms with Crippen molar-refractivity contribution in [1.29, 1.82) is 0 Å². The highest BCUT2D eigenvalue weighted by molar-refractivity contribution is 5.81. The molecular formula is C20H34N2O4. The summed E-state index contributed by atoms with van der Waals surface area (Å²) in [4.78, 5) is 36.1. The Balaban J connectivity index is 1.81. The van der Waals surface area contributed by atoms with Crippen LogP contribution >= 0.6 is 0 Å². The maximum Gasteiger partial charge on any atom is 0.305 e. The largest absolute Gasteiger partial charge is 0.481 e. The molecule has 3 N–H and O–H groups in total. The minimum absolute atomic E-state index is 0.0319.